The molecule has 1 atom stereocenters. The van der Waals surface area contributed by atoms with E-state index in [1.165, 1.54) is 6.92 Å². The van der Waals surface area contributed by atoms with Gasteiger partial charge in [-0.15, -0.1) is 0 Å². The van der Waals surface area contributed by atoms with Crippen molar-refractivity contribution in [3.63, 3.8) is 0 Å². The standard InChI is InChI=1S/C22H21BrN4O4/c1-13(28)26-10-9-14-11-17(7-8-18(14)26)24-19(29)12-27-20(30)22(2,25-21(27)31)15-3-5-16(23)6-4-15/h3-8,11H,9-10,12H2,1-2H3,(H,24,29)(H,25,31)/t22-/m1/s1. The molecule has 31 heavy (non-hydrogen) atoms. The number of carbonyl (C=O) groups is 4. The number of anilines is 2. The first kappa shape index (κ1) is 21.0. The van der Waals surface area contributed by atoms with Crippen molar-refractivity contribution in [1.29, 1.82) is 0 Å². The molecule has 2 aliphatic heterocycles. The quantitative estimate of drug-likeness (QED) is 0.651. The lowest BCUT2D eigenvalue weighted by Gasteiger charge is -2.22. The molecule has 4 rings (SSSR count). The van der Waals surface area contributed by atoms with Gasteiger partial charge in [0.25, 0.3) is 5.91 Å². The van der Waals surface area contributed by atoms with Gasteiger partial charge in [0, 0.05) is 29.3 Å². The molecule has 0 radical (unpaired) electrons. The van der Waals surface area contributed by atoms with E-state index in [1.807, 2.05) is 6.07 Å². The van der Waals surface area contributed by atoms with Crippen molar-refractivity contribution in [3.8, 4) is 0 Å². The summed E-state index contributed by atoms with van der Waals surface area (Å²) >= 11 is 3.35. The second-order valence-electron chi connectivity index (χ2n) is 7.77. The Morgan fingerprint density at radius 3 is 2.55 bits per heavy atom. The molecule has 9 heteroatoms. The van der Waals surface area contributed by atoms with Crippen LogP contribution in [-0.4, -0.2) is 41.7 Å². The highest BCUT2D eigenvalue weighted by molar-refractivity contribution is 9.10. The Morgan fingerprint density at radius 1 is 1.16 bits per heavy atom. The summed E-state index contributed by atoms with van der Waals surface area (Å²) in [7, 11) is 0. The minimum absolute atomic E-state index is 0.0251. The van der Waals surface area contributed by atoms with E-state index in [0.717, 1.165) is 20.6 Å². The minimum atomic E-state index is -1.23. The van der Waals surface area contributed by atoms with Gasteiger partial charge in [0.15, 0.2) is 0 Å². The third kappa shape index (κ3) is 3.81. The van der Waals surface area contributed by atoms with Crippen molar-refractivity contribution < 1.29 is 19.2 Å². The van der Waals surface area contributed by atoms with Crippen LogP contribution in [0.3, 0.4) is 0 Å². The summed E-state index contributed by atoms with van der Waals surface area (Å²) in [5.74, 6) is -0.992. The summed E-state index contributed by atoms with van der Waals surface area (Å²) in [6, 6.07) is 11.8. The van der Waals surface area contributed by atoms with Gasteiger partial charge in [0.1, 0.15) is 12.1 Å². The molecule has 0 unspecified atom stereocenters. The Morgan fingerprint density at radius 2 is 1.87 bits per heavy atom. The van der Waals surface area contributed by atoms with E-state index in [9.17, 15) is 19.2 Å². The van der Waals surface area contributed by atoms with Gasteiger partial charge in [-0.1, -0.05) is 28.1 Å². The van der Waals surface area contributed by atoms with E-state index in [-0.39, 0.29) is 5.91 Å². The van der Waals surface area contributed by atoms with Crippen LogP contribution in [0, 0.1) is 0 Å². The van der Waals surface area contributed by atoms with Crippen LogP contribution >= 0.6 is 15.9 Å². The Labute approximate surface area is 187 Å². The normalized spacial score (nSPS) is 20.0. The number of imide groups is 1. The number of halogens is 1. The maximum Gasteiger partial charge on any atom is 0.325 e. The van der Waals surface area contributed by atoms with Crippen LogP contribution in [0.4, 0.5) is 16.2 Å². The summed E-state index contributed by atoms with van der Waals surface area (Å²) in [6.45, 7) is 3.35. The molecule has 0 aliphatic carbocycles. The third-order valence-electron chi connectivity index (χ3n) is 5.64. The maximum atomic E-state index is 13.0. The van der Waals surface area contributed by atoms with Crippen LogP contribution in [0.25, 0.3) is 0 Å². The zero-order valence-electron chi connectivity index (χ0n) is 17.1. The van der Waals surface area contributed by atoms with Gasteiger partial charge in [-0.25, -0.2) is 4.79 Å². The van der Waals surface area contributed by atoms with Crippen LogP contribution in [0.2, 0.25) is 0 Å². The number of rotatable bonds is 4. The smallest absolute Gasteiger partial charge is 0.325 e. The Kier molecular flexibility index (Phi) is 5.30. The van der Waals surface area contributed by atoms with Gasteiger partial charge in [0.2, 0.25) is 11.8 Å². The first-order valence-electron chi connectivity index (χ1n) is 9.80. The Hall–Kier alpha value is -3.20. The van der Waals surface area contributed by atoms with E-state index < -0.39 is 29.9 Å². The maximum absolute atomic E-state index is 13.0. The zero-order chi connectivity index (χ0) is 22.3. The number of hydrogen-bond acceptors (Lipinski definition) is 4. The molecular weight excluding hydrogens is 464 g/mol. The minimum Gasteiger partial charge on any atom is -0.325 e. The van der Waals surface area contributed by atoms with Crippen molar-refractivity contribution in [3.05, 3.63) is 58.1 Å². The van der Waals surface area contributed by atoms with Crippen LogP contribution in [0.15, 0.2) is 46.9 Å². The second-order valence-corrected chi connectivity index (χ2v) is 8.68. The van der Waals surface area contributed by atoms with Crippen LogP contribution in [0.5, 0.6) is 0 Å². The van der Waals surface area contributed by atoms with Crippen LogP contribution in [-0.2, 0) is 26.3 Å². The number of amides is 5. The molecule has 0 saturated carbocycles. The Balaban J connectivity index is 1.45. The van der Waals surface area contributed by atoms with Crippen molar-refractivity contribution >= 4 is 51.1 Å². The molecule has 1 fully saturated rings. The molecule has 2 heterocycles. The van der Waals surface area contributed by atoms with Crippen molar-refractivity contribution in [2.24, 2.45) is 0 Å². The largest absolute Gasteiger partial charge is 0.325 e. The number of fused-ring (bicyclic) bond motifs is 1. The van der Waals surface area contributed by atoms with Gasteiger partial charge >= 0.3 is 6.03 Å². The molecule has 160 valence electrons. The topological polar surface area (TPSA) is 98.8 Å². The van der Waals surface area contributed by atoms with Crippen molar-refractivity contribution in [2.75, 3.05) is 23.3 Å². The molecule has 8 nitrogen and oxygen atoms in total. The van der Waals surface area contributed by atoms with E-state index in [4.69, 9.17) is 0 Å². The zero-order valence-corrected chi connectivity index (χ0v) is 18.7. The summed E-state index contributed by atoms with van der Waals surface area (Å²) in [4.78, 5) is 52.3. The van der Waals surface area contributed by atoms with Gasteiger partial charge in [-0.05, 0) is 54.8 Å². The van der Waals surface area contributed by atoms with Crippen LogP contribution < -0.4 is 15.5 Å². The first-order chi connectivity index (χ1) is 14.7. The fourth-order valence-electron chi connectivity index (χ4n) is 3.97. The number of carbonyl (C=O) groups excluding carboxylic acids is 4. The van der Waals surface area contributed by atoms with Crippen molar-refractivity contribution in [2.45, 2.75) is 25.8 Å². The lowest BCUT2D eigenvalue weighted by molar-refractivity contribution is -0.133. The number of urea groups is 1. The molecule has 0 bridgehead atoms. The van der Waals surface area contributed by atoms with E-state index in [2.05, 4.69) is 26.6 Å². The highest BCUT2D eigenvalue weighted by Gasteiger charge is 2.49. The summed E-state index contributed by atoms with van der Waals surface area (Å²) in [6.07, 6.45) is 0.706. The Bertz CT molecular complexity index is 1100. The van der Waals surface area contributed by atoms with Crippen LogP contribution in [0.1, 0.15) is 25.0 Å². The molecule has 2 aromatic rings. The van der Waals surface area contributed by atoms with Gasteiger partial charge < -0.3 is 15.5 Å². The number of nitrogens with one attached hydrogen (secondary N) is 2. The van der Waals surface area contributed by atoms with E-state index in [0.29, 0.717) is 24.2 Å². The average Bonchev–Trinajstić information content (AvgIpc) is 3.23. The molecule has 0 spiro atoms. The fourth-order valence-corrected chi connectivity index (χ4v) is 4.23. The predicted molar refractivity (Wildman–Crippen MR) is 119 cm³/mol. The van der Waals surface area contributed by atoms with E-state index >= 15 is 0 Å². The van der Waals surface area contributed by atoms with Gasteiger partial charge in [-0.2, -0.15) is 0 Å². The van der Waals surface area contributed by atoms with E-state index in [1.54, 1.807) is 48.2 Å². The molecule has 2 aromatic carbocycles. The second kappa shape index (κ2) is 7.81. The number of nitrogens with zero attached hydrogens (tertiary/aromatic N) is 2. The molecule has 5 amide bonds. The monoisotopic (exact) mass is 484 g/mol. The summed E-state index contributed by atoms with van der Waals surface area (Å²) in [5, 5.41) is 5.43. The average molecular weight is 485 g/mol. The molecule has 0 aromatic heterocycles. The predicted octanol–water partition coefficient (Wildman–Crippen LogP) is 2.76. The summed E-state index contributed by atoms with van der Waals surface area (Å²) in [5.41, 5.74) is 1.75. The molecule has 1 saturated heterocycles. The molecular formula is C22H21BrN4O4. The lowest BCUT2D eigenvalue weighted by atomic mass is 9.92. The highest BCUT2D eigenvalue weighted by Crippen LogP contribution is 2.31. The summed E-state index contributed by atoms with van der Waals surface area (Å²) < 4.78 is 0.855. The third-order valence-corrected chi connectivity index (χ3v) is 6.17. The fraction of sp³-hybridized carbons (Fsp3) is 0.273. The lowest BCUT2D eigenvalue weighted by Crippen LogP contribution is -2.42. The van der Waals surface area contributed by atoms with Gasteiger partial charge in [-0.3, -0.25) is 19.3 Å². The number of hydrogen-bond donors (Lipinski definition) is 2. The van der Waals surface area contributed by atoms with Crippen molar-refractivity contribution in [1.82, 2.24) is 10.2 Å². The highest BCUT2D eigenvalue weighted by atomic mass is 79.9. The molecule has 2 N–H and O–H groups in total. The SMILES string of the molecule is CC(=O)N1CCc2cc(NC(=O)CN3C(=O)N[C@](C)(c4ccc(Br)cc4)C3=O)ccc21. The van der Waals surface area contributed by atoms with Gasteiger partial charge in [0.05, 0.1) is 0 Å². The first-order valence-corrected chi connectivity index (χ1v) is 10.6. The molecule has 2 aliphatic rings. The number of benzene rings is 2.